The number of hydrogen-bond acceptors (Lipinski definition) is 4. The molecule has 6 heteroatoms. The molecule has 1 aliphatic rings. The summed E-state index contributed by atoms with van der Waals surface area (Å²) in [7, 11) is 2.10. The van der Waals surface area contributed by atoms with E-state index in [1.165, 1.54) is 19.5 Å². The quantitative estimate of drug-likeness (QED) is 0.732. The van der Waals surface area contributed by atoms with Gasteiger partial charge in [-0.25, -0.2) is 4.98 Å². The van der Waals surface area contributed by atoms with Crippen LogP contribution in [-0.4, -0.2) is 42.5 Å². The second kappa shape index (κ2) is 7.86. The molecule has 1 fully saturated rings. The SMILES string of the molecule is C[NH+](CC(=O)N1CCC[C@@H](c2nc3ccccc3s2)C1)Cc1cccs1. The number of thiazole rings is 1. The molecule has 1 amide bonds. The maximum Gasteiger partial charge on any atom is 0.277 e. The molecule has 0 bridgehead atoms. The number of likely N-dealkylation sites (tertiary alicyclic amines) is 1. The molecule has 3 heterocycles. The lowest BCUT2D eigenvalue weighted by Crippen LogP contribution is -3.08. The first kappa shape index (κ1) is 17.6. The fraction of sp³-hybridized carbons (Fsp3) is 0.400. The zero-order valence-electron chi connectivity index (χ0n) is 15.0. The third-order valence-corrected chi connectivity index (χ3v) is 7.02. The van der Waals surface area contributed by atoms with Crippen LogP contribution in [0.25, 0.3) is 10.2 Å². The van der Waals surface area contributed by atoms with E-state index in [-0.39, 0.29) is 5.91 Å². The monoisotopic (exact) mass is 386 g/mol. The molecular weight excluding hydrogens is 362 g/mol. The number of para-hydroxylation sites is 1. The number of amides is 1. The summed E-state index contributed by atoms with van der Waals surface area (Å²) in [4.78, 5) is 22.2. The maximum absolute atomic E-state index is 12.8. The Kier molecular flexibility index (Phi) is 5.33. The van der Waals surface area contributed by atoms with E-state index in [0.717, 1.165) is 38.0 Å². The van der Waals surface area contributed by atoms with Crippen molar-refractivity contribution < 1.29 is 9.69 Å². The van der Waals surface area contributed by atoms with Gasteiger partial charge in [-0.05, 0) is 36.4 Å². The third-order valence-electron chi connectivity index (χ3n) is 4.94. The van der Waals surface area contributed by atoms with Crippen molar-refractivity contribution >= 4 is 38.8 Å². The molecule has 1 aromatic carbocycles. The van der Waals surface area contributed by atoms with Crippen LogP contribution in [0.5, 0.6) is 0 Å². The molecule has 1 saturated heterocycles. The van der Waals surface area contributed by atoms with Gasteiger partial charge in [0.15, 0.2) is 6.54 Å². The average molecular weight is 387 g/mol. The highest BCUT2D eigenvalue weighted by atomic mass is 32.1. The van der Waals surface area contributed by atoms with Crippen molar-refractivity contribution in [3.8, 4) is 0 Å². The lowest BCUT2D eigenvalue weighted by molar-refractivity contribution is -0.885. The molecule has 0 aliphatic carbocycles. The molecule has 4 nitrogen and oxygen atoms in total. The molecule has 136 valence electrons. The number of fused-ring (bicyclic) bond motifs is 1. The van der Waals surface area contributed by atoms with Gasteiger partial charge in [0.25, 0.3) is 5.91 Å². The molecule has 0 radical (unpaired) electrons. The molecule has 0 saturated carbocycles. The number of nitrogens with one attached hydrogen (secondary N) is 1. The molecule has 2 atom stereocenters. The summed E-state index contributed by atoms with van der Waals surface area (Å²) in [6, 6.07) is 12.5. The number of carbonyl (C=O) groups excluding carboxylic acids is 1. The number of piperidine rings is 1. The van der Waals surface area contributed by atoms with Crippen molar-refractivity contribution in [1.82, 2.24) is 9.88 Å². The van der Waals surface area contributed by atoms with Crippen molar-refractivity contribution in [2.45, 2.75) is 25.3 Å². The zero-order chi connectivity index (χ0) is 17.9. The maximum atomic E-state index is 12.8. The number of benzene rings is 1. The van der Waals surface area contributed by atoms with Gasteiger partial charge in [-0.1, -0.05) is 18.2 Å². The molecule has 1 unspecified atom stereocenters. The van der Waals surface area contributed by atoms with Crippen LogP contribution in [0.3, 0.4) is 0 Å². The van der Waals surface area contributed by atoms with Crippen LogP contribution in [0, 0.1) is 0 Å². The zero-order valence-corrected chi connectivity index (χ0v) is 16.6. The number of aromatic nitrogens is 1. The van der Waals surface area contributed by atoms with Crippen LogP contribution < -0.4 is 4.90 Å². The minimum absolute atomic E-state index is 0.268. The molecule has 26 heavy (non-hydrogen) atoms. The van der Waals surface area contributed by atoms with Gasteiger partial charge in [0.2, 0.25) is 0 Å². The number of carbonyl (C=O) groups is 1. The smallest absolute Gasteiger partial charge is 0.277 e. The molecule has 4 rings (SSSR count). The number of likely N-dealkylation sites (N-methyl/N-ethyl adjacent to an activating group) is 1. The topological polar surface area (TPSA) is 37.6 Å². The first-order valence-corrected chi connectivity index (χ1v) is 10.9. The van der Waals surface area contributed by atoms with E-state index in [0.29, 0.717) is 12.5 Å². The molecular formula is C20H24N3OS2+. The van der Waals surface area contributed by atoms with E-state index in [4.69, 9.17) is 4.98 Å². The number of hydrogen-bond donors (Lipinski definition) is 1. The number of thiophene rings is 1. The summed E-state index contributed by atoms with van der Waals surface area (Å²) in [6.07, 6.45) is 2.19. The van der Waals surface area contributed by atoms with Crippen LogP contribution >= 0.6 is 22.7 Å². The number of rotatable bonds is 5. The summed E-state index contributed by atoms with van der Waals surface area (Å²) >= 11 is 3.54. The molecule has 3 aromatic rings. The number of nitrogens with zero attached hydrogens (tertiary/aromatic N) is 2. The highest BCUT2D eigenvalue weighted by Crippen LogP contribution is 2.32. The Morgan fingerprint density at radius 2 is 2.19 bits per heavy atom. The lowest BCUT2D eigenvalue weighted by Gasteiger charge is -2.32. The van der Waals surface area contributed by atoms with E-state index in [2.05, 4.69) is 47.7 Å². The second-order valence-corrected chi connectivity index (χ2v) is 9.18. The van der Waals surface area contributed by atoms with Crippen molar-refractivity contribution in [2.24, 2.45) is 0 Å². The minimum Gasteiger partial charge on any atom is -0.337 e. The van der Waals surface area contributed by atoms with Gasteiger partial charge in [-0.3, -0.25) is 4.79 Å². The van der Waals surface area contributed by atoms with Gasteiger partial charge in [-0.2, -0.15) is 0 Å². The Balaban J connectivity index is 1.38. The van der Waals surface area contributed by atoms with E-state index >= 15 is 0 Å². The van der Waals surface area contributed by atoms with E-state index in [1.54, 1.807) is 22.7 Å². The fourth-order valence-corrected chi connectivity index (χ4v) is 5.52. The van der Waals surface area contributed by atoms with Gasteiger partial charge < -0.3 is 9.80 Å². The molecule has 1 aliphatic heterocycles. The van der Waals surface area contributed by atoms with Crippen LogP contribution in [0.4, 0.5) is 0 Å². The largest absolute Gasteiger partial charge is 0.337 e. The first-order valence-electron chi connectivity index (χ1n) is 9.16. The van der Waals surface area contributed by atoms with Gasteiger partial charge >= 0.3 is 0 Å². The summed E-state index contributed by atoms with van der Waals surface area (Å²) in [5, 5.41) is 3.28. The Morgan fingerprint density at radius 3 is 3.00 bits per heavy atom. The summed E-state index contributed by atoms with van der Waals surface area (Å²) in [5.74, 6) is 0.646. The van der Waals surface area contributed by atoms with Gasteiger partial charge in [0.1, 0.15) is 6.54 Å². The predicted molar refractivity (Wildman–Crippen MR) is 108 cm³/mol. The Labute approximate surface area is 162 Å². The van der Waals surface area contributed by atoms with Gasteiger partial charge in [0.05, 0.1) is 27.1 Å². The normalized spacial score (nSPS) is 19.0. The summed E-state index contributed by atoms with van der Waals surface area (Å²) < 4.78 is 1.24. The van der Waals surface area contributed by atoms with E-state index < -0.39 is 0 Å². The highest BCUT2D eigenvalue weighted by molar-refractivity contribution is 7.18. The average Bonchev–Trinajstić information content (AvgIpc) is 3.31. The second-order valence-electron chi connectivity index (χ2n) is 7.09. The fourth-order valence-electron chi connectivity index (χ4n) is 3.61. The molecule has 2 aromatic heterocycles. The summed E-state index contributed by atoms with van der Waals surface area (Å²) in [5.41, 5.74) is 1.08. The van der Waals surface area contributed by atoms with Crippen LogP contribution in [-0.2, 0) is 11.3 Å². The van der Waals surface area contributed by atoms with Gasteiger partial charge in [-0.15, -0.1) is 22.7 Å². The number of quaternary nitrogens is 1. The van der Waals surface area contributed by atoms with Gasteiger partial charge in [0, 0.05) is 19.0 Å². The van der Waals surface area contributed by atoms with Crippen LogP contribution in [0.15, 0.2) is 41.8 Å². The minimum atomic E-state index is 0.268. The van der Waals surface area contributed by atoms with E-state index in [1.807, 2.05) is 6.07 Å². The van der Waals surface area contributed by atoms with Crippen LogP contribution in [0.2, 0.25) is 0 Å². The third kappa shape index (κ3) is 3.98. The Hall–Kier alpha value is -1.76. The molecule has 0 spiro atoms. The summed E-state index contributed by atoms with van der Waals surface area (Å²) in [6.45, 7) is 3.17. The predicted octanol–water partition coefficient (Wildman–Crippen LogP) is 2.78. The standard InChI is InChI=1S/C20H23N3OS2/c1-22(13-16-7-5-11-25-16)14-19(24)23-10-4-6-15(12-23)20-21-17-8-2-3-9-18(17)26-20/h2-3,5,7-9,11,15H,4,6,10,12-14H2,1H3/p+1/t15-/m1/s1. The van der Waals surface area contributed by atoms with Crippen LogP contribution in [0.1, 0.15) is 28.6 Å². The lowest BCUT2D eigenvalue weighted by atomic mass is 9.98. The Bertz CT molecular complexity index is 841. The first-order chi connectivity index (χ1) is 12.7. The van der Waals surface area contributed by atoms with E-state index in [9.17, 15) is 4.79 Å². The van der Waals surface area contributed by atoms with Crippen molar-refractivity contribution in [3.05, 3.63) is 51.7 Å². The molecule has 1 N–H and O–H groups in total. The highest BCUT2D eigenvalue weighted by Gasteiger charge is 2.28. The van der Waals surface area contributed by atoms with Crippen molar-refractivity contribution in [1.29, 1.82) is 0 Å². The Morgan fingerprint density at radius 1 is 1.31 bits per heavy atom. The van der Waals surface area contributed by atoms with Crippen molar-refractivity contribution in [3.63, 3.8) is 0 Å². The van der Waals surface area contributed by atoms with Crippen molar-refractivity contribution in [2.75, 3.05) is 26.7 Å².